The van der Waals surface area contributed by atoms with E-state index in [0.717, 1.165) is 30.5 Å². The van der Waals surface area contributed by atoms with E-state index in [9.17, 15) is 14.3 Å². The van der Waals surface area contributed by atoms with Gasteiger partial charge in [0.25, 0.3) is 0 Å². The van der Waals surface area contributed by atoms with Crippen LogP contribution in [0.25, 0.3) is 0 Å². The SMILES string of the molecule is CC(OCC(O)CN1CCCC1)c1cc(F)ccc1CCC=O. The van der Waals surface area contributed by atoms with Crippen LogP contribution >= 0.6 is 0 Å². The quantitative estimate of drug-likeness (QED) is 0.710. The molecule has 4 nitrogen and oxygen atoms in total. The number of likely N-dealkylation sites (tertiary alicyclic amines) is 1. The molecule has 128 valence electrons. The van der Waals surface area contributed by atoms with Crippen molar-refractivity contribution in [1.82, 2.24) is 4.90 Å². The van der Waals surface area contributed by atoms with Gasteiger partial charge in [-0.15, -0.1) is 0 Å². The van der Waals surface area contributed by atoms with Gasteiger partial charge in [-0.3, -0.25) is 0 Å². The van der Waals surface area contributed by atoms with Gasteiger partial charge in [-0.2, -0.15) is 0 Å². The molecular weight excluding hydrogens is 297 g/mol. The van der Waals surface area contributed by atoms with E-state index >= 15 is 0 Å². The summed E-state index contributed by atoms with van der Waals surface area (Å²) in [5, 5.41) is 10.1. The van der Waals surface area contributed by atoms with Crippen LogP contribution in [0.2, 0.25) is 0 Å². The van der Waals surface area contributed by atoms with Gasteiger partial charge in [0.05, 0.1) is 18.8 Å². The fraction of sp³-hybridized carbons (Fsp3) is 0.611. The number of nitrogens with zero attached hydrogens (tertiary/aromatic N) is 1. The molecule has 1 N–H and O–H groups in total. The fourth-order valence-corrected chi connectivity index (χ4v) is 3.05. The third-order valence-corrected chi connectivity index (χ3v) is 4.28. The molecule has 0 aromatic heterocycles. The minimum atomic E-state index is -0.539. The van der Waals surface area contributed by atoms with E-state index in [1.54, 1.807) is 6.07 Å². The van der Waals surface area contributed by atoms with Crippen molar-refractivity contribution in [3.8, 4) is 0 Å². The zero-order valence-electron chi connectivity index (χ0n) is 13.7. The number of rotatable bonds is 9. The predicted octanol–water partition coefficient (Wildman–Crippen LogP) is 2.49. The molecule has 1 heterocycles. The van der Waals surface area contributed by atoms with Gasteiger partial charge in [-0.1, -0.05) is 6.07 Å². The van der Waals surface area contributed by atoms with Crippen LogP contribution in [-0.4, -0.2) is 48.6 Å². The van der Waals surface area contributed by atoms with Gasteiger partial charge in [0.2, 0.25) is 0 Å². The first kappa shape index (κ1) is 18.0. The third kappa shape index (κ3) is 5.68. The van der Waals surface area contributed by atoms with E-state index in [4.69, 9.17) is 4.74 Å². The van der Waals surface area contributed by atoms with Crippen LogP contribution in [-0.2, 0) is 16.0 Å². The summed E-state index contributed by atoms with van der Waals surface area (Å²) in [5.74, 6) is -0.317. The number of halogens is 1. The number of carbonyl (C=O) groups is 1. The number of ether oxygens (including phenoxy) is 1. The second-order valence-corrected chi connectivity index (χ2v) is 6.19. The number of β-amino-alcohol motifs (C(OH)–C–C–N with tert-alkyl or cyclic N) is 1. The number of aryl methyl sites for hydroxylation is 1. The van der Waals surface area contributed by atoms with Crippen LogP contribution in [0.3, 0.4) is 0 Å². The molecule has 0 aliphatic carbocycles. The van der Waals surface area contributed by atoms with Gasteiger partial charge in [-0.25, -0.2) is 4.39 Å². The first-order valence-corrected chi connectivity index (χ1v) is 8.34. The van der Waals surface area contributed by atoms with Gasteiger partial charge in [-0.05, 0) is 62.5 Å². The molecule has 2 rings (SSSR count). The van der Waals surface area contributed by atoms with Crippen molar-refractivity contribution in [1.29, 1.82) is 0 Å². The summed E-state index contributed by atoms with van der Waals surface area (Å²) in [6.07, 6.45) is 3.36. The van der Waals surface area contributed by atoms with Crippen LogP contribution in [0.5, 0.6) is 0 Å². The molecule has 1 saturated heterocycles. The largest absolute Gasteiger partial charge is 0.389 e. The predicted molar refractivity (Wildman–Crippen MR) is 86.8 cm³/mol. The van der Waals surface area contributed by atoms with E-state index < -0.39 is 6.10 Å². The molecule has 0 saturated carbocycles. The van der Waals surface area contributed by atoms with Crippen LogP contribution in [0, 0.1) is 5.82 Å². The Labute approximate surface area is 137 Å². The highest BCUT2D eigenvalue weighted by molar-refractivity contribution is 5.50. The molecule has 1 aromatic rings. The van der Waals surface area contributed by atoms with Crippen molar-refractivity contribution in [3.63, 3.8) is 0 Å². The summed E-state index contributed by atoms with van der Waals surface area (Å²) >= 11 is 0. The zero-order chi connectivity index (χ0) is 16.7. The van der Waals surface area contributed by atoms with E-state index in [1.807, 2.05) is 6.92 Å². The molecular formula is C18H26FNO3. The van der Waals surface area contributed by atoms with Crippen molar-refractivity contribution < 1.29 is 19.0 Å². The Morgan fingerprint density at radius 2 is 2.13 bits per heavy atom. The summed E-state index contributed by atoms with van der Waals surface area (Å²) in [5.41, 5.74) is 1.67. The second-order valence-electron chi connectivity index (χ2n) is 6.19. The number of hydrogen-bond acceptors (Lipinski definition) is 4. The van der Waals surface area contributed by atoms with Crippen molar-refractivity contribution in [2.45, 2.75) is 44.8 Å². The summed E-state index contributed by atoms with van der Waals surface area (Å²) in [4.78, 5) is 12.8. The summed E-state index contributed by atoms with van der Waals surface area (Å²) < 4.78 is 19.3. The molecule has 2 atom stereocenters. The second kappa shape index (κ2) is 9.11. The minimum absolute atomic E-state index is 0.224. The van der Waals surface area contributed by atoms with Gasteiger partial charge >= 0.3 is 0 Å². The lowest BCUT2D eigenvalue weighted by Gasteiger charge is -2.22. The Morgan fingerprint density at radius 1 is 1.39 bits per heavy atom. The van der Waals surface area contributed by atoms with E-state index in [2.05, 4.69) is 4.90 Å². The lowest BCUT2D eigenvalue weighted by atomic mass is 9.99. The van der Waals surface area contributed by atoms with E-state index in [-0.39, 0.29) is 18.5 Å². The maximum atomic E-state index is 13.5. The minimum Gasteiger partial charge on any atom is -0.389 e. The average molecular weight is 323 g/mol. The molecule has 5 heteroatoms. The van der Waals surface area contributed by atoms with Crippen LogP contribution in [0.15, 0.2) is 18.2 Å². The first-order valence-electron chi connectivity index (χ1n) is 8.34. The van der Waals surface area contributed by atoms with Crippen molar-refractivity contribution in [3.05, 3.63) is 35.1 Å². The van der Waals surface area contributed by atoms with Crippen LogP contribution < -0.4 is 0 Å². The van der Waals surface area contributed by atoms with Crippen molar-refractivity contribution in [2.24, 2.45) is 0 Å². The van der Waals surface area contributed by atoms with Gasteiger partial charge in [0, 0.05) is 13.0 Å². The Bertz CT molecular complexity index is 503. The molecule has 0 spiro atoms. The lowest BCUT2D eigenvalue weighted by molar-refractivity contribution is -0.107. The Kier molecular flexibility index (Phi) is 7.15. The highest BCUT2D eigenvalue weighted by Gasteiger charge is 2.18. The highest BCUT2D eigenvalue weighted by Crippen LogP contribution is 2.24. The lowest BCUT2D eigenvalue weighted by Crippen LogP contribution is -2.33. The number of aliphatic hydroxyl groups excluding tert-OH is 1. The molecule has 1 fully saturated rings. The summed E-state index contributed by atoms with van der Waals surface area (Å²) in [6.45, 7) is 4.76. The van der Waals surface area contributed by atoms with Crippen molar-refractivity contribution >= 4 is 6.29 Å². The van der Waals surface area contributed by atoms with Crippen LogP contribution in [0.1, 0.15) is 43.4 Å². The molecule has 1 aliphatic rings. The molecule has 1 aromatic carbocycles. The highest BCUT2D eigenvalue weighted by atomic mass is 19.1. The van der Waals surface area contributed by atoms with Gasteiger partial charge in [0.15, 0.2) is 0 Å². The molecule has 2 unspecified atom stereocenters. The molecule has 1 aliphatic heterocycles. The Hall–Kier alpha value is -1.30. The number of carbonyl (C=O) groups excluding carboxylic acids is 1. The maximum absolute atomic E-state index is 13.5. The number of hydrogen-bond donors (Lipinski definition) is 1. The van der Waals surface area contributed by atoms with Gasteiger partial charge in [0.1, 0.15) is 12.1 Å². The monoisotopic (exact) mass is 323 g/mol. The van der Waals surface area contributed by atoms with Crippen molar-refractivity contribution in [2.75, 3.05) is 26.2 Å². The summed E-state index contributed by atoms with van der Waals surface area (Å²) in [6, 6.07) is 4.56. The van der Waals surface area contributed by atoms with Gasteiger partial charge < -0.3 is 19.5 Å². The standard InChI is InChI=1S/C18H26FNO3/c1-14(23-13-17(22)12-20-8-2-3-9-20)18-11-16(19)7-6-15(18)5-4-10-21/h6-7,10-11,14,17,22H,2-5,8-9,12-13H2,1H3. The number of aldehydes is 1. The molecule has 0 bridgehead atoms. The number of aliphatic hydroxyl groups is 1. The topological polar surface area (TPSA) is 49.8 Å². The molecule has 0 radical (unpaired) electrons. The zero-order valence-corrected chi connectivity index (χ0v) is 13.7. The smallest absolute Gasteiger partial charge is 0.123 e. The first-order chi connectivity index (χ1) is 11.1. The van der Waals surface area contributed by atoms with E-state index in [0.29, 0.717) is 19.4 Å². The molecule has 23 heavy (non-hydrogen) atoms. The normalized spacial score (nSPS) is 18.0. The Morgan fingerprint density at radius 3 is 2.83 bits per heavy atom. The maximum Gasteiger partial charge on any atom is 0.123 e. The molecule has 0 amide bonds. The average Bonchev–Trinajstić information content (AvgIpc) is 3.04. The van der Waals surface area contributed by atoms with E-state index in [1.165, 1.54) is 25.0 Å². The third-order valence-electron chi connectivity index (χ3n) is 4.28. The Balaban J connectivity index is 1.89. The fourth-order valence-electron chi connectivity index (χ4n) is 3.05. The summed E-state index contributed by atoms with van der Waals surface area (Å²) in [7, 11) is 0. The van der Waals surface area contributed by atoms with Crippen LogP contribution in [0.4, 0.5) is 4.39 Å². The number of benzene rings is 1.